The molecule has 2 N–H and O–H groups in total. The number of fused-ring (bicyclic) bond motifs is 1. The van der Waals surface area contributed by atoms with E-state index < -0.39 is 0 Å². The van der Waals surface area contributed by atoms with Gasteiger partial charge in [-0.15, -0.1) is 0 Å². The highest BCUT2D eigenvalue weighted by Crippen LogP contribution is 2.39. The van der Waals surface area contributed by atoms with Crippen molar-refractivity contribution in [1.29, 1.82) is 0 Å². The van der Waals surface area contributed by atoms with E-state index >= 15 is 0 Å². The fourth-order valence-electron chi connectivity index (χ4n) is 2.88. The van der Waals surface area contributed by atoms with Gasteiger partial charge in [0.2, 0.25) is 0 Å². The average molecular weight is 238 g/mol. The molecule has 0 aliphatic carbocycles. The maximum absolute atomic E-state index is 5.84. The Labute approximate surface area is 108 Å². The molecule has 0 amide bonds. The summed E-state index contributed by atoms with van der Waals surface area (Å²) in [5.41, 5.74) is 11.9. The normalized spacial score (nSPS) is 17.9. The Morgan fingerprint density at radius 3 is 2.67 bits per heavy atom. The highest BCUT2D eigenvalue weighted by molar-refractivity contribution is 5.74. The number of para-hydroxylation sites is 1. The lowest BCUT2D eigenvalue weighted by molar-refractivity contribution is 0.757. The maximum atomic E-state index is 5.84. The van der Waals surface area contributed by atoms with Crippen molar-refractivity contribution >= 4 is 17.1 Å². The molecule has 1 heterocycles. The van der Waals surface area contributed by atoms with Crippen LogP contribution >= 0.6 is 0 Å². The Morgan fingerprint density at radius 2 is 1.89 bits per heavy atom. The molecule has 18 heavy (non-hydrogen) atoms. The van der Waals surface area contributed by atoms with Crippen LogP contribution in [-0.4, -0.2) is 6.04 Å². The minimum Gasteiger partial charge on any atom is -0.399 e. The SMILES string of the molecule is Cc1cc(N)ccc1N1c2ccccc2CC1C. The summed E-state index contributed by atoms with van der Waals surface area (Å²) in [5.74, 6) is 0. The number of hydrogen-bond acceptors (Lipinski definition) is 2. The van der Waals surface area contributed by atoms with Gasteiger partial charge in [0.05, 0.1) is 0 Å². The molecule has 1 aliphatic rings. The molecular weight excluding hydrogens is 220 g/mol. The number of benzene rings is 2. The van der Waals surface area contributed by atoms with Gasteiger partial charge >= 0.3 is 0 Å². The van der Waals surface area contributed by atoms with Crippen molar-refractivity contribution in [2.45, 2.75) is 26.3 Å². The predicted molar refractivity (Wildman–Crippen MR) is 77.3 cm³/mol. The first-order valence-electron chi connectivity index (χ1n) is 6.40. The molecule has 2 nitrogen and oxygen atoms in total. The molecule has 1 unspecified atom stereocenters. The van der Waals surface area contributed by atoms with E-state index in [1.165, 1.54) is 22.5 Å². The number of hydrogen-bond donors (Lipinski definition) is 1. The maximum Gasteiger partial charge on any atom is 0.0446 e. The number of rotatable bonds is 1. The summed E-state index contributed by atoms with van der Waals surface area (Å²) in [6.07, 6.45) is 1.11. The number of aryl methyl sites for hydroxylation is 1. The molecular formula is C16H18N2. The molecule has 1 atom stereocenters. The summed E-state index contributed by atoms with van der Waals surface area (Å²) in [7, 11) is 0. The summed E-state index contributed by atoms with van der Waals surface area (Å²) in [6.45, 7) is 4.40. The van der Waals surface area contributed by atoms with E-state index in [1.54, 1.807) is 0 Å². The number of nitrogens with two attached hydrogens (primary N) is 1. The summed E-state index contributed by atoms with van der Waals surface area (Å²) in [4.78, 5) is 2.42. The van der Waals surface area contributed by atoms with Gasteiger partial charge in [-0.25, -0.2) is 0 Å². The Balaban J connectivity index is 2.12. The summed E-state index contributed by atoms with van der Waals surface area (Å²) in [5, 5.41) is 0. The van der Waals surface area contributed by atoms with Crippen molar-refractivity contribution in [2.75, 3.05) is 10.6 Å². The monoisotopic (exact) mass is 238 g/mol. The Morgan fingerprint density at radius 1 is 1.11 bits per heavy atom. The van der Waals surface area contributed by atoms with Crippen LogP contribution in [0.5, 0.6) is 0 Å². The molecule has 0 spiro atoms. The molecule has 0 saturated heterocycles. The predicted octanol–water partition coefficient (Wildman–Crippen LogP) is 3.66. The third-order valence-electron chi connectivity index (χ3n) is 3.69. The molecule has 0 fully saturated rings. The van der Waals surface area contributed by atoms with Gasteiger partial charge in [0, 0.05) is 23.1 Å². The number of nitrogen functional groups attached to an aromatic ring is 1. The van der Waals surface area contributed by atoms with Crippen LogP contribution in [0, 0.1) is 6.92 Å². The minimum atomic E-state index is 0.504. The van der Waals surface area contributed by atoms with Crippen molar-refractivity contribution < 1.29 is 0 Å². The lowest BCUT2D eigenvalue weighted by Gasteiger charge is -2.27. The third kappa shape index (κ3) is 1.65. The van der Waals surface area contributed by atoms with Gasteiger partial charge in [-0.05, 0) is 55.7 Å². The van der Waals surface area contributed by atoms with Crippen molar-refractivity contribution in [1.82, 2.24) is 0 Å². The fraction of sp³-hybridized carbons (Fsp3) is 0.250. The molecule has 2 heteroatoms. The van der Waals surface area contributed by atoms with Crippen molar-refractivity contribution in [3.63, 3.8) is 0 Å². The van der Waals surface area contributed by atoms with Crippen LogP contribution in [0.2, 0.25) is 0 Å². The van der Waals surface area contributed by atoms with Crippen LogP contribution in [0.3, 0.4) is 0 Å². The molecule has 0 saturated carbocycles. The number of nitrogens with zero attached hydrogens (tertiary/aromatic N) is 1. The van der Waals surface area contributed by atoms with E-state index in [-0.39, 0.29) is 0 Å². The van der Waals surface area contributed by atoms with Gasteiger partial charge in [0.1, 0.15) is 0 Å². The Hall–Kier alpha value is -1.96. The second kappa shape index (κ2) is 4.05. The summed E-state index contributed by atoms with van der Waals surface area (Å²) >= 11 is 0. The minimum absolute atomic E-state index is 0.504. The zero-order valence-electron chi connectivity index (χ0n) is 10.9. The van der Waals surface area contributed by atoms with Crippen LogP contribution in [0.25, 0.3) is 0 Å². The van der Waals surface area contributed by atoms with E-state index in [9.17, 15) is 0 Å². The van der Waals surface area contributed by atoms with Gasteiger partial charge in [0.25, 0.3) is 0 Å². The van der Waals surface area contributed by atoms with E-state index in [4.69, 9.17) is 5.73 Å². The zero-order chi connectivity index (χ0) is 12.7. The topological polar surface area (TPSA) is 29.3 Å². The second-order valence-electron chi connectivity index (χ2n) is 5.10. The molecule has 1 aliphatic heterocycles. The van der Waals surface area contributed by atoms with E-state index in [1.807, 2.05) is 12.1 Å². The van der Waals surface area contributed by atoms with Crippen LogP contribution < -0.4 is 10.6 Å². The lowest BCUT2D eigenvalue weighted by atomic mass is 10.1. The quantitative estimate of drug-likeness (QED) is 0.768. The van der Waals surface area contributed by atoms with E-state index in [2.05, 4.69) is 49.1 Å². The second-order valence-corrected chi connectivity index (χ2v) is 5.10. The van der Waals surface area contributed by atoms with Crippen molar-refractivity contribution in [2.24, 2.45) is 0 Å². The zero-order valence-corrected chi connectivity index (χ0v) is 10.9. The summed E-state index contributed by atoms with van der Waals surface area (Å²) in [6, 6.07) is 15.3. The van der Waals surface area contributed by atoms with E-state index in [0.29, 0.717) is 6.04 Å². The molecule has 0 bridgehead atoms. The van der Waals surface area contributed by atoms with Gasteiger partial charge in [-0.1, -0.05) is 18.2 Å². The van der Waals surface area contributed by atoms with Gasteiger partial charge in [-0.3, -0.25) is 0 Å². The van der Waals surface area contributed by atoms with Gasteiger partial charge < -0.3 is 10.6 Å². The number of anilines is 3. The molecule has 0 aromatic heterocycles. The highest BCUT2D eigenvalue weighted by atomic mass is 15.2. The molecule has 2 aromatic rings. The van der Waals surface area contributed by atoms with E-state index in [0.717, 1.165) is 12.1 Å². The highest BCUT2D eigenvalue weighted by Gasteiger charge is 2.27. The lowest BCUT2D eigenvalue weighted by Crippen LogP contribution is -2.24. The Kier molecular flexibility index (Phi) is 2.51. The third-order valence-corrected chi connectivity index (χ3v) is 3.69. The van der Waals surface area contributed by atoms with Gasteiger partial charge in [-0.2, -0.15) is 0 Å². The summed E-state index contributed by atoms with van der Waals surface area (Å²) < 4.78 is 0. The first-order chi connectivity index (χ1) is 8.66. The van der Waals surface area contributed by atoms with Crippen LogP contribution in [0.4, 0.5) is 17.1 Å². The molecule has 3 rings (SSSR count). The van der Waals surface area contributed by atoms with Crippen LogP contribution in [0.15, 0.2) is 42.5 Å². The molecule has 92 valence electrons. The molecule has 0 radical (unpaired) electrons. The smallest absolute Gasteiger partial charge is 0.0446 e. The van der Waals surface area contributed by atoms with Crippen LogP contribution in [-0.2, 0) is 6.42 Å². The largest absolute Gasteiger partial charge is 0.399 e. The Bertz CT molecular complexity index is 589. The van der Waals surface area contributed by atoms with Crippen LogP contribution in [0.1, 0.15) is 18.1 Å². The molecule has 2 aromatic carbocycles. The average Bonchev–Trinajstić information content (AvgIpc) is 2.66. The first-order valence-corrected chi connectivity index (χ1v) is 6.40. The fourth-order valence-corrected chi connectivity index (χ4v) is 2.88. The standard InChI is InChI=1S/C16H18N2/c1-11-9-14(17)7-8-15(11)18-12(2)10-13-5-3-4-6-16(13)18/h3-9,12H,10,17H2,1-2H3. The van der Waals surface area contributed by atoms with Crippen molar-refractivity contribution in [3.05, 3.63) is 53.6 Å². The van der Waals surface area contributed by atoms with Gasteiger partial charge in [0.15, 0.2) is 0 Å². The first kappa shape index (κ1) is 11.1. The van der Waals surface area contributed by atoms with Crippen molar-refractivity contribution in [3.8, 4) is 0 Å².